The van der Waals surface area contributed by atoms with Gasteiger partial charge in [-0.05, 0) is 29.0 Å². The predicted octanol–water partition coefficient (Wildman–Crippen LogP) is 2.35. The minimum Gasteiger partial charge on any atom is -0.465 e. The molecule has 0 radical (unpaired) electrons. The third-order valence-electron chi connectivity index (χ3n) is 2.34. The lowest BCUT2D eigenvalue weighted by Gasteiger charge is -2.04. The van der Waals surface area contributed by atoms with E-state index in [-0.39, 0.29) is 0 Å². The Morgan fingerprint density at radius 3 is 3.11 bits per heavy atom. The molecule has 2 heterocycles. The van der Waals surface area contributed by atoms with Crippen molar-refractivity contribution < 1.29 is 9.90 Å². The maximum Gasteiger partial charge on any atom is 0.404 e. The van der Waals surface area contributed by atoms with E-state index in [0.717, 1.165) is 14.7 Å². The van der Waals surface area contributed by atoms with E-state index in [0.29, 0.717) is 24.7 Å². The number of fused-ring (bicyclic) bond motifs is 1. The fourth-order valence-corrected chi connectivity index (χ4v) is 2.45. The molecule has 96 valence electrons. The topological polar surface area (TPSA) is 80.0 Å². The summed E-state index contributed by atoms with van der Waals surface area (Å²) < 4.78 is 2.93. The molecule has 8 heteroatoms. The van der Waals surface area contributed by atoms with Gasteiger partial charge in [-0.2, -0.15) is 0 Å². The fourth-order valence-electron chi connectivity index (χ4n) is 1.60. The number of nitrogens with zero attached hydrogens (tertiary/aromatic N) is 3. The first-order valence-corrected chi connectivity index (χ1v) is 6.67. The van der Waals surface area contributed by atoms with Crippen molar-refractivity contribution in [3.05, 3.63) is 21.1 Å². The Morgan fingerprint density at radius 1 is 1.61 bits per heavy atom. The minimum atomic E-state index is -1.01. The summed E-state index contributed by atoms with van der Waals surface area (Å²) in [7, 11) is 0. The van der Waals surface area contributed by atoms with Gasteiger partial charge in [-0.15, -0.1) is 0 Å². The van der Waals surface area contributed by atoms with Crippen molar-refractivity contribution >= 4 is 51.4 Å². The molecule has 0 saturated heterocycles. The standard InChI is InChI=1S/C10H10ClIN4O2/c11-7-4-14-8-6(12)5-16(9(8)15-7)3-1-2-13-10(17)18/h4-5,13H,1-3H2,(H,17,18). The first-order valence-electron chi connectivity index (χ1n) is 5.21. The van der Waals surface area contributed by atoms with Gasteiger partial charge in [-0.1, -0.05) is 11.6 Å². The number of nitrogens with one attached hydrogen (secondary N) is 1. The number of carboxylic acid groups (broad SMARTS) is 1. The number of carbonyl (C=O) groups is 1. The van der Waals surface area contributed by atoms with Gasteiger partial charge in [0.1, 0.15) is 10.7 Å². The molecule has 0 aliphatic rings. The van der Waals surface area contributed by atoms with Crippen molar-refractivity contribution in [3.63, 3.8) is 0 Å². The molecule has 2 rings (SSSR count). The monoisotopic (exact) mass is 380 g/mol. The number of hydrogen-bond donors (Lipinski definition) is 2. The van der Waals surface area contributed by atoms with E-state index in [4.69, 9.17) is 16.7 Å². The van der Waals surface area contributed by atoms with Crippen molar-refractivity contribution in [3.8, 4) is 0 Å². The van der Waals surface area contributed by atoms with Crippen molar-refractivity contribution in [2.24, 2.45) is 0 Å². The highest BCUT2D eigenvalue weighted by Crippen LogP contribution is 2.20. The van der Waals surface area contributed by atoms with Crippen molar-refractivity contribution in [2.45, 2.75) is 13.0 Å². The Hall–Kier alpha value is -1.09. The maximum absolute atomic E-state index is 10.3. The van der Waals surface area contributed by atoms with Gasteiger partial charge in [-0.3, -0.25) is 0 Å². The summed E-state index contributed by atoms with van der Waals surface area (Å²) in [6, 6.07) is 0. The number of rotatable bonds is 4. The third-order valence-corrected chi connectivity index (χ3v) is 3.32. The van der Waals surface area contributed by atoms with E-state index in [1.54, 1.807) is 0 Å². The Balaban J connectivity index is 2.13. The van der Waals surface area contributed by atoms with Crippen molar-refractivity contribution in [2.75, 3.05) is 6.54 Å². The van der Waals surface area contributed by atoms with Gasteiger partial charge >= 0.3 is 6.09 Å². The molecule has 0 aliphatic heterocycles. The van der Waals surface area contributed by atoms with E-state index < -0.39 is 6.09 Å². The number of aromatic nitrogens is 3. The second-order valence-electron chi connectivity index (χ2n) is 3.62. The normalized spacial score (nSPS) is 10.8. The molecule has 2 aromatic heterocycles. The zero-order valence-corrected chi connectivity index (χ0v) is 12.1. The van der Waals surface area contributed by atoms with Gasteiger partial charge in [0.25, 0.3) is 0 Å². The lowest BCUT2D eigenvalue weighted by Crippen LogP contribution is -2.22. The highest BCUT2D eigenvalue weighted by atomic mass is 127. The summed E-state index contributed by atoms with van der Waals surface area (Å²) in [4.78, 5) is 18.8. The highest BCUT2D eigenvalue weighted by molar-refractivity contribution is 14.1. The van der Waals surface area contributed by atoms with E-state index in [1.807, 2.05) is 10.8 Å². The summed E-state index contributed by atoms with van der Waals surface area (Å²) in [6.07, 6.45) is 3.12. The lowest BCUT2D eigenvalue weighted by atomic mass is 10.4. The van der Waals surface area contributed by atoms with Gasteiger partial charge in [0, 0.05) is 19.3 Å². The Kier molecular flexibility index (Phi) is 4.23. The quantitative estimate of drug-likeness (QED) is 0.630. The van der Waals surface area contributed by atoms with Crippen LogP contribution in [0.3, 0.4) is 0 Å². The average Bonchev–Trinajstić information content (AvgIpc) is 2.61. The summed E-state index contributed by atoms with van der Waals surface area (Å²) in [5.74, 6) is 0. The van der Waals surface area contributed by atoms with E-state index in [9.17, 15) is 4.79 Å². The molecule has 0 saturated carbocycles. The summed E-state index contributed by atoms with van der Waals surface area (Å²) >= 11 is 8.01. The molecule has 0 aliphatic carbocycles. The average molecular weight is 381 g/mol. The molecule has 0 spiro atoms. The van der Waals surface area contributed by atoms with Gasteiger partial charge < -0.3 is 15.0 Å². The summed E-state index contributed by atoms with van der Waals surface area (Å²) in [6.45, 7) is 1.06. The SMILES string of the molecule is O=C(O)NCCCn1cc(I)c2ncc(Cl)nc21. The van der Waals surface area contributed by atoms with Crippen molar-refractivity contribution in [1.29, 1.82) is 0 Å². The molecule has 0 atom stereocenters. The fraction of sp³-hybridized carbons (Fsp3) is 0.300. The molecule has 6 nitrogen and oxygen atoms in total. The first kappa shape index (κ1) is 13.3. The number of hydrogen-bond acceptors (Lipinski definition) is 3. The Morgan fingerprint density at radius 2 is 2.39 bits per heavy atom. The van der Waals surface area contributed by atoms with Crippen LogP contribution >= 0.6 is 34.2 Å². The molecular weight excluding hydrogens is 370 g/mol. The molecule has 0 fully saturated rings. The van der Waals surface area contributed by atoms with Gasteiger partial charge in [-0.25, -0.2) is 14.8 Å². The molecule has 2 aromatic rings. The van der Waals surface area contributed by atoms with Crippen LogP contribution in [0.25, 0.3) is 11.2 Å². The molecule has 0 bridgehead atoms. The minimum absolute atomic E-state index is 0.349. The van der Waals surface area contributed by atoms with Crippen LogP contribution in [0.4, 0.5) is 4.79 Å². The smallest absolute Gasteiger partial charge is 0.404 e. The lowest BCUT2D eigenvalue weighted by molar-refractivity contribution is 0.194. The molecular formula is C10H10ClIN4O2. The first-order chi connectivity index (χ1) is 8.58. The molecule has 2 N–H and O–H groups in total. The van der Waals surface area contributed by atoms with Gasteiger partial charge in [0.2, 0.25) is 0 Å². The molecule has 0 unspecified atom stereocenters. The van der Waals surface area contributed by atoms with E-state index in [1.165, 1.54) is 6.20 Å². The number of amides is 1. The van der Waals surface area contributed by atoms with Crippen molar-refractivity contribution in [1.82, 2.24) is 19.9 Å². The molecule has 18 heavy (non-hydrogen) atoms. The van der Waals surface area contributed by atoms with Crippen LogP contribution < -0.4 is 5.32 Å². The van der Waals surface area contributed by atoms with Crippen LogP contribution in [0.15, 0.2) is 12.4 Å². The second kappa shape index (κ2) is 5.70. The number of aryl methyl sites for hydroxylation is 1. The Labute approximate surface area is 122 Å². The van der Waals surface area contributed by atoms with Crippen LogP contribution in [0, 0.1) is 3.57 Å². The van der Waals surface area contributed by atoms with E-state index >= 15 is 0 Å². The van der Waals surface area contributed by atoms with E-state index in [2.05, 4.69) is 37.9 Å². The zero-order valence-electron chi connectivity index (χ0n) is 9.23. The maximum atomic E-state index is 10.3. The Bertz CT molecular complexity index is 587. The highest BCUT2D eigenvalue weighted by Gasteiger charge is 2.09. The number of halogens is 2. The zero-order chi connectivity index (χ0) is 13.1. The van der Waals surface area contributed by atoms with Crippen LogP contribution in [-0.2, 0) is 6.54 Å². The van der Waals surface area contributed by atoms with Crippen LogP contribution in [0.1, 0.15) is 6.42 Å². The largest absolute Gasteiger partial charge is 0.465 e. The van der Waals surface area contributed by atoms with Gasteiger partial charge in [0.15, 0.2) is 5.65 Å². The predicted molar refractivity (Wildman–Crippen MR) is 75.9 cm³/mol. The van der Waals surface area contributed by atoms with Crippen LogP contribution in [0.5, 0.6) is 0 Å². The third kappa shape index (κ3) is 3.02. The molecule has 1 amide bonds. The molecule has 0 aromatic carbocycles. The van der Waals surface area contributed by atoms with Gasteiger partial charge in [0.05, 0.1) is 9.77 Å². The summed E-state index contributed by atoms with van der Waals surface area (Å²) in [5.41, 5.74) is 1.54. The van der Waals surface area contributed by atoms with Crippen LogP contribution in [0.2, 0.25) is 5.15 Å². The summed E-state index contributed by atoms with van der Waals surface area (Å²) in [5, 5.41) is 11.1. The van der Waals surface area contributed by atoms with Crippen LogP contribution in [-0.4, -0.2) is 32.3 Å². The second-order valence-corrected chi connectivity index (χ2v) is 5.17.